The van der Waals surface area contributed by atoms with E-state index in [0.29, 0.717) is 11.6 Å². The summed E-state index contributed by atoms with van der Waals surface area (Å²) in [7, 11) is 1.66. The molecule has 0 saturated carbocycles. The quantitative estimate of drug-likeness (QED) is 0.565. The first-order chi connectivity index (χ1) is 13.3. The zero-order valence-corrected chi connectivity index (χ0v) is 19.0. The van der Waals surface area contributed by atoms with E-state index in [-0.39, 0.29) is 24.8 Å². The molecule has 8 heteroatoms. The van der Waals surface area contributed by atoms with Gasteiger partial charge in [0.2, 0.25) is 0 Å². The van der Waals surface area contributed by atoms with E-state index in [4.69, 9.17) is 25.8 Å². The molecule has 1 saturated heterocycles. The molecule has 1 fully saturated rings. The van der Waals surface area contributed by atoms with E-state index in [9.17, 15) is 0 Å². The van der Waals surface area contributed by atoms with Crippen LogP contribution in [-0.2, 0) is 17.9 Å². The van der Waals surface area contributed by atoms with Crippen molar-refractivity contribution in [1.82, 2.24) is 10.2 Å². The summed E-state index contributed by atoms with van der Waals surface area (Å²) in [5.41, 5.74) is 2.12. The zero-order chi connectivity index (χ0) is 18.9. The van der Waals surface area contributed by atoms with E-state index in [0.717, 1.165) is 63.0 Å². The number of rotatable bonds is 9. The van der Waals surface area contributed by atoms with Crippen molar-refractivity contribution in [1.29, 1.82) is 0 Å². The number of benzene rings is 2. The maximum absolute atomic E-state index is 6.19. The summed E-state index contributed by atoms with van der Waals surface area (Å²) in [6.45, 7) is 6.92. The second kappa shape index (κ2) is 13.9. The maximum atomic E-state index is 6.19. The number of morpholine rings is 1. The van der Waals surface area contributed by atoms with Crippen molar-refractivity contribution in [3.05, 3.63) is 58.6 Å². The van der Waals surface area contributed by atoms with Crippen LogP contribution in [0.1, 0.15) is 11.1 Å². The van der Waals surface area contributed by atoms with Crippen LogP contribution < -0.4 is 14.8 Å². The lowest BCUT2D eigenvalue weighted by molar-refractivity contribution is 0.0384. The Morgan fingerprint density at radius 1 is 1.07 bits per heavy atom. The number of nitrogens with zero attached hydrogens (tertiary/aromatic N) is 1. The lowest BCUT2D eigenvalue weighted by Crippen LogP contribution is -2.40. The van der Waals surface area contributed by atoms with Crippen molar-refractivity contribution in [3.8, 4) is 11.5 Å². The van der Waals surface area contributed by atoms with E-state index in [1.54, 1.807) is 7.11 Å². The summed E-state index contributed by atoms with van der Waals surface area (Å²) in [4.78, 5) is 2.42. The summed E-state index contributed by atoms with van der Waals surface area (Å²) in [6, 6.07) is 13.7. The maximum Gasteiger partial charge on any atom is 0.161 e. The molecule has 0 aromatic heterocycles. The molecule has 1 N–H and O–H groups in total. The van der Waals surface area contributed by atoms with Crippen LogP contribution >= 0.6 is 36.4 Å². The van der Waals surface area contributed by atoms with Crippen molar-refractivity contribution in [2.24, 2.45) is 0 Å². The molecule has 1 heterocycles. The van der Waals surface area contributed by atoms with Crippen LogP contribution in [0, 0.1) is 0 Å². The third-order valence-electron chi connectivity index (χ3n) is 4.61. The van der Waals surface area contributed by atoms with Gasteiger partial charge < -0.3 is 19.5 Å². The topological polar surface area (TPSA) is 43.0 Å². The number of hydrogen-bond acceptors (Lipinski definition) is 5. The first-order valence-corrected chi connectivity index (χ1v) is 9.68. The van der Waals surface area contributed by atoms with Crippen LogP contribution in [0.15, 0.2) is 42.5 Å². The van der Waals surface area contributed by atoms with Gasteiger partial charge in [-0.1, -0.05) is 35.9 Å². The molecule has 2 aromatic rings. The molecule has 29 heavy (non-hydrogen) atoms. The molecule has 2 aromatic carbocycles. The minimum atomic E-state index is 0. The lowest BCUT2D eigenvalue weighted by atomic mass is 10.2. The molecule has 0 aliphatic carbocycles. The Kier molecular flexibility index (Phi) is 12.4. The first-order valence-electron chi connectivity index (χ1n) is 9.30. The van der Waals surface area contributed by atoms with E-state index in [1.807, 2.05) is 36.4 Å². The van der Waals surface area contributed by atoms with Crippen LogP contribution in [0.25, 0.3) is 0 Å². The predicted molar refractivity (Wildman–Crippen MR) is 122 cm³/mol. The normalized spacial score (nSPS) is 13.9. The number of ether oxygens (including phenoxy) is 3. The van der Waals surface area contributed by atoms with E-state index in [1.165, 1.54) is 5.56 Å². The smallest absolute Gasteiger partial charge is 0.161 e. The van der Waals surface area contributed by atoms with Gasteiger partial charge in [-0.15, -0.1) is 24.8 Å². The molecule has 1 aliphatic rings. The number of nitrogens with one attached hydrogen (secondary N) is 1. The van der Waals surface area contributed by atoms with Crippen molar-refractivity contribution in [2.45, 2.75) is 13.2 Å². The molecule has 0 unspecified atom stereocenters. The Bertz CT molecular complexity index is 728. The average molecular weight is 464 g/mol. The third kappa shape index (κ3) is 8.21. The zero-order valence-electron chi connectivity index (χ0n) is 16.6. The summed E-state index contributed by atoms with van der Waals surface area (Å²) in [5.74, 6) is 1.45. The molecule has 0 bridgehead atoms. The highest BCUT2D eigenvalue weighted by atomic mass is 35.5. The molecule has 5 nitrogen and oxygen atoms in total. The molecular formula is C21H29Cl3N2O3. The Balaban J connectivity index is 0.00000210. The molecule has 0 spiro atoms. The van der Waals surface area contributed by atoms with Crippen LogP contribution in [0.2, 0.25) is 5.02 Å². The van der Waals surface area contributed by atoms with E-state index in [2.05, 4.69) is 16.3 Å². The van der Waals surface area contributed by atoms with Gasteiger partial charge in [0, 0.05) is 43.3 Å². The van der Waals surface area contributed by atoms with E-state index >= 15 is 0 Å². The third-order valence-corrected chi connectivity index (χ3v) is 4.98. The van der Waals surface area contributed by atoms with Gasteiger partial charge in [0.1, 0.15) is 6.61 Å². The van der Waals surface area contributed by atoms with Crippen molar-refractivity contribution >= 4 is 36.4 Å². The molecule has 0 radical (unpaired) electrons. The second-order valence-electron chi connectivity index (χ2n) is 6.50. The van der Waals surface area contributed by atoms with Crippen LogP contribution in [0.4, 0.5) is 0 Å². The number of hydrogen-bond donors (Lipinski definition) is 1. The van der Waals surface area contributed by atoms with Crippen molar-refractivity contribution in [3.63, 3.8) is 0 Å². The fourth-order valence-electron chi connectivity index (χ4n) is 3.01. The Morgan fingerprint density at radius 3 is 2.55 bits per heavy atom. The van der Waals surface area contributed by atoms with Gasteiger partial charge in [0.05, 0.1) is 20.3 Å². The van der Waals surface area contributed by atoms with Gasteiger partial charge >= 0.3 is 0 Å². The highest BCUT2D eigenvalue weighted by molar-refractivity contribution is 6.31. The largest absolute Gasteiger partial charge is 0.493 e. The van der Waals surface area contributed by atoms with Gasteiger partial charge in [-0.25, -0.2) is 0 Å². The monoisotopic (exact) mass is 462 g/mol. The van der Waals surface area contributed by atoms with Crippen LogP contribution in [0.5, 0.6) is 11.5 Å². The lowest BCUT2D eigenvalue weighted by Gasteiger charge is -2.26. The first kappa shape index (κ1) is 25.8. The minimum Gasteiger partial charge on any atom is -0.493 e. The van der Waals surface area contributed by atoms with Crippen molar-refractivity contribution in [2.75, 3.05) is 46.5 Å². The Morgan fingerprint density at radius 2 is 1.83 bits per heavy atom. The van der Waals surface area contributed by atoms with Gasteiger partial charge in [0.25, 0.3) is 0 Å². The fraction of sp³-hybridized carbons (Fsp3) is 0.429. The summed E-state index contributed by atoms with van der Waals surface area (Å²) in [5, 5.41) is 4.19. The summed E-state index contributed by atoms with van der Waals surface area (Å²) in [6.07, 6.45) is 0. The van der Waals surface area contributed by atoms with Crippen LogP contribution in [-0.4, -0.2) is 51.4 Å². The van der Waals surface area contributed by atoms with Crippen LogP contribution in [0.3, 0.4) is 0 Å². The standard InChI is InChI=1S/C21H27ClN2O3.2ClH/c1-25-21-14-17(15-23-8-9-24-10-12-26-13-11-24)6-7-20(21)27-16-18-4-2-3-5-19(18)22;;/h2-7,14,23H,8-13,15-16H2,1H3;2*1H. The van der Waals surface area contributed by atoms with E-state index < -0.39 is 0 Å². The van der Waals surface area contributed by atoms with Crippen molar-refractivity contribution < 1.29 is 14.2 Å². The Labute approximate surface area is 190 Å². The Hall–Kier alpha value is -1.21. The molecule has 162 valence electrons. The second-order valence-corrected chi connectivity index (χ2v) is 6.90. The van der Waals surface area contributed by atoms with Gasteiger partial charge in [-0.2, -0.15) is 0 Å². The number of halogens is 3. The highest BCUT2D eigenvalue weighted by Crippen LogP contribution is 2.29. The number of methoxy groups -OCH3 is 1. The summed E-state index contributed by atoms with van der Waals surface area (Å²) >= 11 is 6.19. The molecule has 3 rings (SSSR count). The average Bonchev–Trinajstić information content (AvgIpc) is 2.72. The molecule has 1 aliphatic heterocycles. The predicted octanol–water partition coefficient (Wildman–Crippen LogP) is 4.19. The SMILES string of the molecule is COc1cc(CNCCN2CCOCC2)ccc1OCc1ccccc1Cl.Cl.Cl. The molecule has 0 atom stereocenters. The summed E-state index contributed by atoms with van der Waals surface area (Å²) < 4.78 is 16.8. The molecular weight excluding hydrogens is 435 g/mol. The minimum absolute atomic E-state index is 0. The van der Waals surface area contributed by atoms with Gasteiger partial charge in [0.15, 0.2) is 11.5 Å². The van der Waals surface area contributed by atoms with Gasteiger partial charge in [-0.3, -0.25) is 4.90 Å². The van der Waals surface area contributed by atoms with Gasteiger partial charge in [-0.05, 0) is 23.8 Å². The molecule has 0 amide bonds. The fourth-order valence-corrected chi connectivity index (χ4v) is 3.20. The highest BCUT2D eigenvalue weighted by Gasteiger charge is 2.10.